The average molecular weight is 168 g/mol. The maximum absolute atomic E-state index is 9.97. The van der Waals surface area contributed by atoms with Crippen LogP contribution >= 0.6 is 0 Å². The van der Waals surface area contributed by atoms with Crippen molar-refractivity contribution in [2.45, 2.75) is 18.9 Å². The molecule has 0 radical (unpaired) electrons. The summed E-state index contributed by atoms with van der Waals surface area (Å²) in [6.07, 6.45) is 0.685. The number of aryl methyl sites for hydroxylation is 1. The molecule has 1 aliphatic heterocycles. The van der Waals surface area contributed by atoms with Gasteiger partial charge < -0.3 is 10.4 Å². The third-order valence-electron chi connectivity index (χ3n) is 2.15. The molecule has 1 aromatic heterocycles. The van der Waals surface area contributed by atoms with Crippen molar-refractivity contribution in [1.82, 2.24) is 20.5 Å². The van der Waals surface area contributed by atoms with E-state index in [-0.39, 0.29) is 0 Å². The van der Waals surface area contributed by atoms with E-state index in [4.69, 9.17) is 0 Å². The number of aliphatic hydroxyl groups is 1. The molecule has 0 saturated carbocycles. The number of H-pyrrole nitrogens is 1. The number of rotatable bonds is 1. The molecule has 2 heterocycles. The van der Waals surface area contributed by atoms with Gasteiger partial charge in [-0.2, -0.15) is 5.10 Å². The highest BCUT2D eigenvalue weighted by molar-refractivity contribution is 5.05. The minimum atomic E-state index is -0.856. The van der Waals surface area contributed by atoms with Crippen molar-refractivity contribution in [3.05, 3.63) is 11.6 Å². The maximum atomic E-state index is 9.97. The van der Waals surface area contributed by atoms with Crippen LogP contribution in [0.5, 0.6) is 0 Å². The molecule has 1 atom stereocenters. The lowest BCUT2D eigenvalue weighted by Crippen LogP contribution is -2.29. The average Bonchev–Trinajstić information content (AvgIpc) is 2.59. The fourth-order valence-electron chi connectivity index (χ4n) is 1.42. The first-order valence-electron chi connectivity index (χ1n) is 4.03. The summed E-state index contributed by atoms with van der Waals surface area (Å²) >= 11 is 0. The first-order valence-corrected chi connectivity index (χ1v) is 4.03. The monoisotopic (exact) mass is 168 g/mol. The Bertz CT molecular complexity index is 277. The Kier molecular flexibility index (Phi) is 1.62. The van der Waals surface area contributed by atoms with E-state index in [9.17, 15) is 5.11 Å². The molecular weight excluding hydrogens is 156 g/mol. The van der Waals surface area contributed by atoms with Crippen LogP contribution in [0.1, 0.15) is 18.1 Å². The molecule has 0 amide bonds. The molecular formula is C7H12N4O. The van der Waals surface area contributed by atoms with Gasteiger partial charge in [-0.25, -0.2) is 4.98 Å². The van der Waals surface area contributed by atoms with Gasteiger partial charge in [0.2, 0.25) is 0 Å². The van der Waals surface area contributed by atoms with Gasteiger partial charge in [0.1, 0.15) is 11.4 Å². The van der Waals surface area contributed by atoms with Gasteiger partial charge in [0.05, 0.1) is 0 Å². The van der Waals surface area contributed by atoms with Gasteiger partial charge in [-0.3, -0.25) is 5.10 Å². The third-order valence-corrected chi connectivity index (χ3v) is 2.15. The number of hydrogen-bond acceptors (Lipinski definition) is 4. The zero-order valence-electron chi connectivity index (χ0n) is 6.96. The lowest BCUT2D eigenvalue weighted by Gasteiger charge is -2.15. The van der Waals surface area contributed by atoms with Crippen molar-refractivity contribution in [3.63, 3.8) is 0 Å². The van der Waals surface area contributed by atoms with Crippen LogP contribution in [0, 0.1) is 6.92 Å². The van der Waals surface area contributed by atoms with Crippen LogP contribution in [0.4, 0.5) is 0 Å². The Morgan fingerprint density at radius 2 is 2.42 bits per heavy atom. The smallest absolute Gasteiger partial charge is 0.183 e. The Hall–Kier alpha value is -0.940. The van der Waals surface area contributed by atoms with Crippen LogP contribution in [0.3, 0.4) is 0 Å². The van der Waals surface area contributed by atoms with Crippen LogP contribution < -0.4 is 5.32 Å². The van der Waals surface area contributed by atoms with Crippen LogP contribution in [-0.2, 0) is 5.60 Å². The van der Waals surface area contributed by atoms with E-state index in [0.29, 0.717) is 18.8 Å². The molecule has 12 heavy (non-hydrogen) atoms. The standard InChI is InChI=1S/C7H12N4O/c1-5-9-6(11-10-5)7(12)2-3-8-4-7/h8,12H,2-4H2,1H3,(H,9,10,11). The number of aromatic amines is 1. The second kappa shape index (κ2) is 2.53. The molecule has 0 aromatic carbocycles. The zero-order valence-corrected chi connectivity index (χ0v) is 6.96. The van der Waals surface area contributed by atoms with Gasteiger partial charge >= 0.3 is 0 Å². The minimum absolute atomic E-state index is 0.505. The molecule has 1 aromatic rings. The number of β-amino-alcohol motifs (C(OH)–C–C–N with tert-alkyl or cyclic N) is 1. The number of aromatic nitrogens is 3. The minimum Gasteiger partial charge on any atom is -0.380 e. The van der Waals surface area contributed by atoms with Gasteiger partial charge in [-0.1, -0.05) is 0 Å². The molecule has 66 valence electrons. The number of nitrogens with one attached hydrogen (secondary N) is 2. The summed E-state index contributed by atoms with van der Waals surface area (Å²) in [7, 11) is 0. The maximum Gasteiger partial charge on any atom is 0.183 e. The highest BCUT2D eigenvalue weighted by Crippen LogP contribution is 2.23. The summed E-state index contributed by atoms with van der Waals surface area (Å²) < 4.78 is 0. The Morgan fingerprint density at radius 1 is 1.58 bits per heavy atom. The predicted octanol–water partition coefficient (Wildman–Crippen LogP) is -0.706. The molecule has 0 spiro atoms. The molecule has 0 bridgehead atoms. The van der Waals surface area contributed by atoms with Gasteiger partial charge in [-0.05, 0) is 19.9 Å². The normalized spacial score (nSPS) is 29.5. The van der Waals surface area contributed by atoms with Crippen molar-refractivity contribution < 1.29 is 5.11 Å². The van der Waals surface area contributed by atoms with Crippen LogP contribution in [-0.4, -0.2) is 33.4 Å². The van der Waals surface area contributed by atoms with E-state index < -0.39 is 5.60 Å². The lowest BCUT2D eigenvalue weighted by atomic mass is 10.0. The first kappa shape index (κ1) is 7.70. The summed E-state index contributed by atoms with van der Waals surface area (Å²) in [6.45, 7) is 3.19. The van der Waals surface area contributed by atoms with E-state index >= 15 is 0 Å². The fourth-order valence-corrected chi connectivity index (χ4v) is 1.42. The summed E-state index contributed by atoms with van der Waals surface area (Å²) in [6, 6.07) is 0. The molecule has 0 aliphatic carbocycles. The molecule has 3 N–H and O–H groups in total. The molecule has 1 unspecified atom stereocenters. The molecule has 1 saturated heterocycles. The second-order valence-corrected chi connectivity index (χ2v) is 3.20. The zero-order chi connectivity index (χ0) is 8.60. The van der Waals surface area contributed by atoms with E-state index in [2.05, 4.69) is 20.5 Å². The molecule has 1 aliphatic rings. The quantitative estimate of drug-likeness (QED) is 0.518. The lowest BCUT2D eigenvalue weighted by molar-refractivity contribution is 0.0495. The summed E-state index contributed by atoms with van der Waals surface area (Å²) in [5, 5.41) is 19.7. The fraction of sp³-hybridized carbons (Fsp3) is 0.714. The summed E-state index contributed by atoms with van der Waals surface area (Å²) in [5.41, 5.74) is -0.856. The van der Waals surface area contributed by atoms with Crippen molar-refractivity contribution in [2.24, 2.45) is 0 Å². The highest BCUT2D eigenvalue weighted by Gasteiger charge is 2.36. The van der Waals surface area contributed by atoms with E-state index in [0.717, 1.165) is 12.4 Å². The van der Waals surface area contributed by atoms with Crippen molar-refractivity contribution >= 4 is 0 Å². The summed E-state index contributed by atoms with van der Waals surface area (Å²) in [5.74, 6) is 1.25. The Labute approximate surface area is 70.2 Å². The van der Waals surface area contributed by atoms with E-state index in [1.165, 1.54) is 0 Å². The number of hydrogen-bond donors (Lipinski definition) is 3. The highest BCUT2D eigenvalue weighted by atomic mass is 16.3. The van der Waals surface area contributed by atoms with Crippen molar-refractivity contribution in [1.29, 1.82) is 0 Å². The Morgan fingerprint density at radius 3 is 2.92 bits per heavy atom. The molecule has 1 fully saturated rings. The van der Waals surface area contributed by atoms with Crippen LogP contribution in [0.2, 0.25) is 0 Å². The number of nitrogens with zero attached hydrogens (tertiary/aromatic N) is 2. The largest absolute Gasteiger partial charge is 0.380 e. The van der Waals surface area contributed by atoms with Crippen LogP contribution in [0.15, 0.2) is 0 Å². The van der Waals surface area contributed by atoms with Gasteiger partial charge in [0.25, 0.3) is 0 Å². The van der Waals surface area contributed by atoms with E-state index in [1.54, 1.807) is 0 Å². The predicted molar refractivity (Wildman–Crippen MR) is 42.5 cm³/mol. The SMILES string of the molecule is Cc1nc(C2(O)CCNC2)n[nH]1. The van der Waals surface area contributed by atoms with Crippen LogP contribution in [0.25, 0.3) is 0 Å². The first-order chi connectivity index (χ1) is 5.71. The second-order valence-electron chi connectivity index (χ2n) is 3.20. The van der Waals surface area contributed by atoms with E-state index in [1.807, 2.05) is 6.92 Å². The van der Waals surface area contributed by atoms with Crippen molar-refractivity contribution in [3.8, 4) is 0 Å². The molecule has 5 heteroatoms. The molecule has 2 rings (SSSR count). The van der Waals surface area contributed by atoms with Gasteiger partial charge in [0.15, 0.2) is 5.82 Å². The topological polar surface area (TPSA) is 73.8 Å². The Balaban J connectivity index is 2.28. The molecule has 5 nitrogen and oxygen atoms in total. The van der Waals surface area contributed by atoms with Crippen molar-refractivity contribution in [2.75, 3.05) is 13.1 Å². The summed E-state index contributed by atoms with van der Waals surface area (Å²) in [4.78, 5) is 4.11. The van der Waals surface area contributed by atoms with Gasteiger partial charge in [0, 0.05) is 6.54 Å². The van der Waals surface area contributed by atoms with Gasteiger partial charge in [-0.15, -0.1) is 0 Å². The third kappa shape index (κ3) is 1.11.